The lowest BCUT2D eigenvalue weighted by Crippen LogP contribution is -2.30. The van der Waals surface area contributed by atoms with Gasteiger partial charge in [0.15, 0.2) is 6.10 Å². The van der Waals surface area contributed by atoms with E-state index in [1.165, 1.54) is 173 Å². The maximum absolute atomic E-state index is 12.9. The summed E-state index contributed by atoms with van der Waals surface area (Å²) in [6, 6.07) is 0. The molecule has 0 aromatic rings. The Morgan fingerprint density at radius 3 is 0.753 bits per heavy atom. The van der Waals surface area contributed by atoms with E-state index in [2.05, 4.69) is 130 Å². The maximum Gasteiger partial charge on any atom is 0.306 e. The van der Waals surface area contributed by atoms with Crippen LogP contribution in [0.2, 0.25) is 0 Å². The largest absolute Gasteiger partial charge is 0.462 e. The molecule has 1 atom stereocenters. The van der Waals surface area contributed by atoms with Crippen molar-refractivity contribution in [1.29, 1.82) is 0 Å². The average Bonchev–Trinajstić information content (AvgIpc) is 3.46. The van der Waals surface area contributed by atoms with Crippen molar-refractivity contribution in [2.45, 2.75) is 335 Å². The Morgan fingerprint density at radius 2 is 0.481 bits per heavy atom. The number of esters is 3. The van der Waals surface area contributed by atoms with Crippen molar-refractivity contribution < 1.29 is 28.6 Å². The molecule has 0 heterocycles. The van der Waals surface area contributed by atoms with Crippen molar-refractivity contribution in [2.75, 3.05) is 13.2 Å². The molecule has 0 aliphatic heterocycles. The molecule has 0 spiro atoms. The average molecular weight is 1130 g/mol. The molecule has 0 saturated heterocycles. The van der Waals surface area contributed by atoms with E-state index < -0.39 is 6.10 Å². The van der Waals surface area contributed by atoms with Crippen molar-refractivity contribution in [3.8, 4) is 0 Å². The number of unbranched alkanes of at least 4 members (excludes halogenated alkanes) is 33. The fourth-order valence-corrected chi connectivity index (χ4v) is 9.70. The van der Waals surface area contributed by atoms with Gasteiger partial charge in [-0.1, -0.05) is 316 Å². The molecule has 6 heteroatoms. The van der Waals surface area contributed by atoms with Gasteiger partial charge in [-0.25, -0.2) is 0 Å². The van der Waals surface area contributed by atoms with Crippen LogP contribution in [0.25, 0.3) is 0 Å². The third-order valence-electron chi connectivity index (χ3n) is 14.8. The number of allylic oxidation sites excluding steroid dienone is 18. The van der Waals surface area contributed by atoms with Gasteiger partial charge in [-0.15, -0.1) is 0 Å². The van der Waals surface area contributed by atoms with Crippen LogP contribution in [0.3, 0.4) is 0 Å². The molecule has 0 aromatic heterocycles. The van der Waals surface area contributed by atoms with E-state index in [1.807, 2.05) is 0 Å². The molecule has 0 saturated carbocycles. The number of ether oxygens (including phenoxy) is 3. The summed E-state index contributed by atoms with van der Waals surface area (Å²) in [6.45, 7) is 6.40. The van der Waals surface area contributed by atoms with Gasteiger partial charge < -0.3 is 14.2 Å². The summed E-state index contributed by atoms with van der Waals surface area (Å²) in [4.78, 5) is 38.2. The number of hydrogen-bond acceptors (Lipinski definition) is 6. The molecule has 464 valence electrons. The standard InChI is InChI=1S/C75H128O6/c1-4-7-10-13-16-18-20-22-24-26-28-30-32-34-36-37-39-40-42-44-46-48-50-52-54-56-59-62-65-68-74(77)80-71-72(70-79-73(76)67-64-61-58-15-12-9-6-3)81-75(78)69-66-63-60-57-55-53-51-49-47-45-43-41-38-35-33-31-29-27-25-23-21-19-17-14-11-8-5-2/h7-8,10-11,16-19,22-25,28-31,35,38,72H,4-6,9,12-15,20-21,26-27,32-34,36-37,39-71H2,1-3H3/b10-7-,11-8-,18-16-,19-17-,24-22-,25-23-,30-28-,31-29-,38-35-. The van der Waals surface area contributed by atoms with Crippen LogP contribution in [-0.2, 0) is 28.6 Å². The van der Waals surface area contributed by atoms with Gasteiger partial charge in [0, 0.05) is 19.3 Å². The first-order chi connectivity index (χ1) is 40.0. The molecule has 0 aliphatic carbocycles. The van der Waals surface area contributed by atoms with Crippen LogP contribution in [0.5, 0.6) is 0 Å². The highest BCUT2D eigenvalue weighted by atomic mass is 16.6. The first-order valence-electron chi connectivity index (χ1n) is 34.4. The summed E-state index contributed by atoms with van der Waals surface area (Å²) in [6.07, 6.45) is 94.2. The highest BCUT2D eigenvalue weighted by molar-refractivity contribution is 5.71. The SMILES string of the molecule is CC/C=C\C/C=C\C/C=C\C/C=C\C/C=C\CCCCCCCCCCCCCC(=O)OC(COC(=O)CCCCCCCCC)COC(=O)CCCCCCCCCCCCCCCCCC/C=C\C/C=C\C/C=C\C/C=C\CC. The number of carbonyl (C=O) groups is 3. The Labute approximate surface area is 501 Å². The number of carbonyl (C=O) groups excluding carboxylic acids is 3. The van der Waals surface area contributed by atoms with E-state index in [9.17, 15) is 14.4 Å². The molecule has 0 fully saturated rings. The lowest BCUT2D eigenvalue weighted by Gasteiger charge is -2.18. The molecule has 0 aliphatic rings. The second-order valence-electron chi connectivity index (χ2n) is 22.7. The van der Waals surface area contributed by atoms with E-state index in [4.69, 9.17) is 14.2 Å². The van der Waals surface area contributed by atoms with Crippen LogP contribution >= 0.6 is 0 Å². The van der Waals surface area contributed by atoms with Crippen LogP contribution in [0.4, 0.5) is 0 Å². The fourth-order valence-electron chi connectivity index (χ4n) is 9.70. The lowest BCUT2D eigenvalue weighted by molar-refractivity contribution is -0.167. The minimum Gasteiger partial charge on any atom is -0.462 e. The third kappa shape index (κ3) is 66.8. The summed E-state index contributed by atoms with van der Waals surface area (Å²) >= 11 is 0. The first kappa shape index (κ1) is 77.1. The Hall–Kier alpha value is -3.93. The van der Waals surface area contributed by atoms with Gasteiger partial charge in [-0.2, -0.15) is 0 Å². The smallest absolute Gasteiger partial charge is 0.306 e. The molecule has 6 nitrogen and oxygen atoms in total. The molecule has 81 heavy (non-hydrogen) atoms. The van der Waals surface area contributed by atoms with E-state index >= 15 is 0 Å². The highest BCUT2D eigenvalue weighted by Gasteiger charge is 2.19. The fraction of sp³-hybridized carbons (Fsp3) is 0.720. The third-order valence-corrected chi connectivity index (χ3v) is 14.8. The van der Waals surface area contributed by atoms with Crippen LogP contribution in [0, 0.1) is 0 Å². The minimum absolute atomic E-state index is 0.0760. The van der Waals surface area contributed by atoms with E-state index in [-0.39, 0.29) is 31.1 Å². The van der Waals surface area contributed by atoms with Crippen LogP contribution in [-0.4, -0.2) is 37.2 Å². The van der Waals surface area contributed by atoms with Gasteiger partial charge in [0.1, 0.15) is 13.2 Å². The van der Waals surface area contributed by atoms with Gasteiger partial charge in [-0.3, -0.25) is 14.4 Å². The highest BCUT2D eigenvalue weighted by Crippen LogP contribution is 2.17. The van der Waals surface area contributed by atoms with Crippen molar-refractivity contribution in [3.63, 3.8) is 0 Å². The van der Waals surface area contributed by atoms with Crippen LogP contribution < -0.4 is 0 Å². The van der Waals surface area contributed by atoms with Crippen LogP contribution in [0.15, 0.2) is 109 Å². The predicted octanol–water partition coefficient (Wildman–Crippen LogP) is 23.8. The van der Waals surface area contributed by atoms with Gasteiger partial charge in [0.05, 0.1) is 0 Å². The molecule has 0 radical (unpaired) electrons. The minimum atomic E-state index is -0.778. The van der Waals surface area contributed by atoms with Gasteiger partial charge in [0.25, 0.3) is 0 Å². The van der Waals surface area contributed by atoms with Gasteiger partial charge >= 0.3 is 17.9 Å². The molecule has 0 bridgehead atoms. The quantitative estimate of drug-likeness (QED) is 0.0261. The van der Waals surface area contributed by atoms with Crippen molar-refractivity contribution in [3.05, 3.63) is 109 Å². The zero-order valence-electron chi connectivity index (χ0n) is 53.3. The van der Waals surface area contributed by atoms with Crippen molar-refractivity contribution in [1.82, 2.24) is 0 Å². The summed E-state index contributed by atoms with van der Waals surface area (Å²) in [7, 11) is 0. The van der Waals surface area contributed by atoms with Crippen molar-refractivity contribution in [2.24, 2.45) is 0 Å². The molecule has 0 aromatic carbocycles. The summed E-state index contributed by atoms with van der Waals surface area (Å²) in [5.41, 5.74) is 0. The van der Waals surface area contributed by atoms with E-state index in [1.54, 1.807) is 0 Å². The Kier molecular flexibility index (Phi) is 65.2. The monoisotopic (exact) mass is 1120 g/mol. The zero-order chi connectivity index (χ0) is 58.5. The topological polar surface area (TPSA) is 78.9 Å². The maximum atomic E-state index is 12.9. The summed E-state index contributed by atoms with van der Waals surface area (Å²) < 4.78 is 16.9. The Bertz CT molecular complexity index is 1620. The normalized spacial score (nSPS) is 12.8. The Balaban J connectivity index is 4.08. The second kappa shape index (κ2) is 68.6. The molecule has 0 amide bonds. The number of rotatable bonds is 62. The van der Waals surface area contributed by atoms with E-state index in [0.717, 1.165) is 116 Å². The summed E-state index contributed by atoms with van der Waals surface area (Å²) in [5.74, 6) is -0.874. The van der Waals surface area contributed by atoms with Gasteiger partial charge in [0.2, 0.25) is 0 Å². The summed E-state index contributed by atoms with van der Waals surface area (Å²) in [5, 5.41) is 0. The van der Waals surface area contributed by atoms with Crippen LogP contribution in [0.1, 0.15) is 329 Å². The molecule has 1 unspecified atom stereocenters. The molecule has 0 N–H and O–H groups in total. The predicted molar refractivity (Wildman–Crippen MR) is 353 cm³/mol. The Morgan fingerprint density at radius 1 is 0.259 bits per heavy atom. The molecular formula is C75H128O6. The lowest BCUT2D eigenvalue weighted by atomic mass is 10.0. The second-order valence-corrected chi connectivity index (χ2v) is 22.7. The first-order valence-corrected chi connectivity index (χ1v) is 34.4. The van der Waals surface area contributed by atoms with Crippen molar-refractivity contribution >= 4 is 17.9 Å². The molecular weight excluding hydrogens is 997 g/mol. The number of hydrogen-bond donors (Lipinski definition) is 0. The zero-order valence-corrected chi connectivity index (χ0v) is 53.3. The van der Waals surface area contributed by atoms with E-state index in [0.29, 0.717) is 19.3 Å². The van der Waals surface area contributed by atoms with Gasteiger partial charge in [-0.05, 0) is 103 Å². The molecule has 0 rings (SSSR count).